The number of esters is 3. The number of nitrogens with zero attached hydrogens (tertiary/aromatic N) is 2. The van der Waals surface area contributed by atoms with Crippen molar-refractivity contribution in [2.24, 2.45) is 43.3 Å². The van der Waals surface area contributed by atoms with Crippen molar-refractivity contribution in [3.05, 3.63) is 41.2 Å². The number of hydrogen-bond acceptors (Lipinski definition) is 13. The fraction of sp³-hybridized carbons (Fsp3) is 0.849. The molecule has 0 amide bonds. The van der Waals surface area contributed by atoms with Crippen molar-refractivity contribution < 1.29 is 66.7 Å². The molecule has 0 saturated heterocycles. The molecule has 8 aliphatic rings. The van der Waals surface area contributed by atoms with E-state index >= 15 is 0 Å². The Labute approximate surface area is 667 Å². The van der Waals surface area contributed by atoms with Crippen LogP contribution in [-0.4, -0.2) is 92.2 Å². The highest BCUT2D eigenvalue weighted by Gasteiger charge is 2.53. The molecular weight excluding hydrogens is 1400 g/mol. The Bertz CT molecular complexity index is 2990. The van der Waals surface area contributed by atoms with Crippen molar-refractivity contribution >= 4 is 46.0 Å². The van der Waals surface area contributed by atoms with Gasteiger partial charge < -0.3 is 34.3 Å². The predicted octanol–water partition coefficient (Wildman–Crippen LogP) is 24.4. The fourth-order valence-electron chi connectivity index (χ4n) is 16.5. The molecule has 8 aliphatic carbocycles. The van der Waals surface area contributed by atoms with Gasteiger partial charge in [-0.1, -0.05) is 249 Å². The molecule has 16 nitrogen and oxygen atoms in total. The molecule has 8 saturated carbocycles. The first kappa shape index (κ1) is 95.7. The molecule has 0 bridgehead atoms. The van der Waals surface area contributed by atoms with Gasteiger partial charge in [-0.2, -0.15) is 5.26 Å². The van der Waals surface area contributed by atoms with E-state index < -0.39 is 27.7 Å². The lowest BCUT2D eigenvalue weighted by Gasteiger charge is -2.13. The Morgan fingerprint density at radius 2 is 0.709 bits per heavy atom. The second kappa shape index (κ2) is 51.2. The number of ether oxygens (including phenoxy) is 3. The highest BCUT2D eigenvalue weighted by atomic mass is 32.2. The minimum Gasteiger partial charge on any atom is -0.481 e. The molecule has 110 heavy (non-hydrogen) atoms. The second-order valence-electron chi connectivity index (χ2n) is 36.1. The SMILES string of the molecule is CCOC(=O)C1(CCCCCCCCCCCC2(C=O)CC2)CC1.CCOC(=O)C1(CCCCCCCCCCCC2(CC#N)CC2)CC1.CCOC(=O)C1(CCCCCCCCCCCC2(CO)CC2)CC1.O=C(O)CC1(CCCCCCCCCCCC2(C(=O)O)CC2)CC1.[C-]#[N+]CS(=O)(=O)c1ccc(C)cc1. The average Bonchev–Trinajstić information content (AvgIpc) is 1.65. The van der Waals surface area contributed by atoms with Gasteiger partial charge in [-0.3, -0.25) is 28.8 Å². The zero-order chi connectivity index (χ0) is 80.0. The molecule has 0 heterocycles. The Balaban J connectivity index is 0.000000249. The van der Waals surface area contributed by atoms with E-state index in [-0.39, 0.29) is 55.3 Å². The van der Waals surface area contributed by atoms with Crippen molar-refractivity contribution in [2.45, 2.75) is 431 Å². The van der Waals surface area contributed by atoms with Crippen LogP contribution in [0.2, 0.25) is 0 Å². The van der Waals surface area contributed by atoms with Crippen LogP contribution in [0.5, 0.6) is 0 Å². The normalized spacial score (nSPS) is 18.6. The lowest BCUT2D eigenvalue weighted by atomic mass is 9.94. The van der Waals surface area contributed by atoms with Gasteiger partial charge in [0.05, 0.1) is 58.9 Å². The molecule has 17 heteroatoms. The summed E-state index contributed by atoms with van der Waals surface area (Å²) in [6.07, 6.45) is 74.9. The zero-order valence-corrected chi connectivity index (χ0v) is 70.7. The van der Waals surface area contributed by atoms with E-state index in [1.807, 2.05) is 27.7 Å². The molecule has 0 radical (unpaired) electrons. The first-order valence-corrected chi connectivity index (χ1v) is 46.7. The molecule has 1 aromatic carbocycles. The lowest BCUT2D eigenvalue weighted by Crippen LogP contribution is -2.18. The van der Waals surface area contributed by atoms with Crippen molar-refractivity contribution in [1.82, 2.24) is 0 Å². The Morgan fingerprint density at radius 3 is 0.955 bits per heavy atom. The summed E-state index contributed by atoms with van der Waals surface area (Å²) in [5.41, 5.74) is 1.49. The van der Waals surface area contributed by atoms with Crippen LogP contribution in [0.25, 0.3) is 4.85 Å². The van der Waals surface area contributed by atoms with Gasteiger partial charge in [-0.15, -0.1) is 0 Å². The maximum Gasteiger partial charge on any atom is 0.316 e. The van der Waals surface area contributed by atoms with Gasteiger partial charge in [0.15, 0.2) is 0 Å². The summed E-state index contributed by atoms with van der Waals surface area (Å²) in [5.74, 6) is -1.54. The molecule has 0 spiro atoms. The Hall–Kier alpha value is -4.87. The second-order valence-corrected chi connectivity index (χ2v) is 38.0. The van der Waals surface area contributed by atoms with E-state index in [0.717, 1.165) is 134 Å². The smallest absolute Gasteiger partial charge is 0.316 e. The van der Waals surface area contributed by atoms with Crippen LogP contribution in [-0.2, 0) is 52.8 Å². The number of aldehydes is 1. The van der Waals surface area contributed by atoms with Crippen LogP contribution in [0.3, 0.4) is 0 Å². The molecule has 8 fully saturated rings. The van der Waals surface area contributed by atoms with Gasteiger partial charge in [0, 0.05) is 18.4 Å². The third-order valence-corrected chi connectivity index (χ3v) is 27.8. The maximum atomic E-state index is 11.9. The fourth-order valence-corrected chi connectivity index (χ4v) is 17.4. The van der Waals surface area contributed by atoms with Gasteiger partial charge >= 0.3 is 35.7 Å². The number of carboxylic acids is 2. The van der Waals surface area contributed by atoms with E-state index in [1.165, 1.54) is 282 Å². The number of benzene rings is 1. The number of aliphatic hydroxyl groups excluding tert-OH is 1. The van der Waals surface area contributed by atoms with Crippen LogP contribution in [0, 0.1) is 68.1 Å². The largest absolute Gasteiger partial charge is 0.481 e. The number of sulfone groups is 1. The number of nitriles is 1. The number of aryl methyl sites for hydroxylation is 1. The Kier molecular flexibility index (Phi) is 44.5. The van der Waals surface area contributed by atoms with Crippen molar-refractivity contribution in [3.8, 4) is 6.07 Å². The monoisotopic (exact) mass is 1560 g/mol. The number of carbonyl (C=O) groups is 6. The molecule has 9 rings (SSSR count). The maximum absolute atomic E-state index is 11.9. The zero-order valence-electron chi connectivity index (χ0n) is 69.9. The van der Waals surface area contributed by atoms with E-state index in [1.54, 1.807) is 12.1 Å². The summed E-state index contributed by atoms with van der Waals surface area (Å²) in [4.78, 5) is 71.5. The van der Waals surface area contributed by atoms with Gasteiger partial charge in [0.1, 0.15) is 6.29 Å². The summed E-state index contributed by atoms with van der Waals surface area (Å²) in [7, 11) is -3.38. The molecule has 0 aromatic heterocycles. The van der Waals surface area contributed by atoms with E-state index in [9.17, 15) is 42.3 Å². The molecular formula is C93H154N2O14S. The third kappa shape index (κ3) is 38.5. The summed E-state index contributed by atoms with van der Waals surface area (Å²) >= 11 is 0. The quantitative estimate of drug-likeness (QED) is 0.0180. The predicted molar refractivity (Wildman–Crippen MR) is 439 cm³/mol. The van der Waals surface area contributed by atoms with Crippen LogP contribution in [0.1, 0.15) is 424 Å². The van der Waals surface area contributed by atoms with Crippen LogP contribution >= 0.6 is 0 Å². The number of hydrogen-bond donors (Lipinski definition) is 3. The highest BCUT2D eigenvalue weighted by Crippen LogP contribution is 2.56. The first-order chi connectivity index (χ1) is 53.0. The molecule has 1 aromatic rings. The van der Waals surface area contributed by atoms with Crippen molar-refractivity contribution in [1.29, 1.82) is 5.26 Å². The van der Waals surface area contributed by atoms with E-state index in [0.29, 0.717) is 43.7 Å². The number of carbonyl (C=O) groups excluding carboxylic acids is 4. The number of rotatable bonds is 62. The summed E-state index contributed by atoms with van der Waals surface area (Å²) in [6, 6.07) is 8.84. The molecule has 0 aliphatic heterocycles. The number of aliphatic hydroxyl groups is 1. The Morgan fingerprint density at radius 1 is 0.427 bits per heavy atom. The van der Waals surface area contributed by atoms with Crippen molar-refractivity contribution in [2.75, 3.05) is 32.3 Å². The van der Waals surface area contributed by atoms with Gasteiger partial charge in [0.2, 0.25) is 0 Å². The highest BCUT2D eigenvalue weighted by molar-refractivity contribution is 7.91. The average molecular weight is 1560 g/mol. The van der Waals surface area contributed by atoms with Crippen LogP contribution in [0.4, 0.5) is 0 Å². The van der Waals surface area contributed by atoms with Gasteiger partial charge in [0.25, 0.3) is 9.84 Å². The number of aliphatic carboxylic acids is 2. The number of unbranched alkanes of at least 4 members (excludes halogenated alkanes) is 32. The molecule has 626 valence electrons. The lowest BCUT2D eigenvalue weighted by molar-refractivity contribution is -0.150. The topological polar surface area (TPSA) is 253 Å². The summed E-state index contributed by atoms with van der Waals surface area (Å²) in [6.45, 7) is 16.0. The third-order valence-electron chi connectivity index (χ3n) is 26.4. The summed E-state index contributed by atoms with van der Waals surface area (Å²) in [5, 5.41) is 36.1. The van der Waals surface area contributed by atoms with E-state index in [4.69, 9.17) is 36.3 Å². The van der Waals surface area contributed by atoms with E-state index in [2.05, 4.69) is 10.9 Å². The minimum absolute atomic E-state index is 0.0487. The molecule has 0 atom stereocenters. The van der Waals surface area contributed by atoms with Gasteiger partial charge in [-0.05, 0) is 210 Å². The van der Waals surface area contributed by atoms with Gasteiger partial charge in [-0.25, -0.2) is 15.0 Å². The van der Waals surface area contributed by atoms with Crippen LogP contribution < -0.4 is 0 Å². The molecule has 0 unspecified atom stereocenters. The first-order valence-electron chi connectivity index (χ1n) is 45.1. The number of carboxylic acid groups (broad SMARTS) is 2. The standard InChI is InChI=1S/C22H37NO2.C21H38O3.C21H36O3.C20H34O4.C9H9NO2S/c1-2-25-20(24)22(16-17-22)13-11-9-7-5-3-4-6-8-10-12-21(14-15-21)18-19-23;2*1-2-24-19(23)21(16-17-21)13-11-9-7-5-3-4-6-8-10-12-20(18-22)14-15-20;21-17(22)16-19(12-13-19)10-8-6-4-2-1-3-5-7-9-11-20(14-15-20)18(23)24;1-8-3-5-9(6-4-8)13(11,12)7-10-2/h2-18H2,1H3;22H,2-18H2,1H3;18H,2-17H2,1H3;1-16H2,(H,21,22)(H,23,24);3-6H,7H2,1H3. The minimum atomic E-state index is -3.38. The molecule has 3 N–H and O–H groups in total. The van der Waals surface area contributed by atoms with Crippen LogP contribution in [0.15, 0.2) is 29.2 Å². The van der Waals surface area contributed by atoms with Crippen molar-refractivity contribution in [3.63, 3.8) is 0 Å². The summed E-state index contributed by atoms with van der Waals surface area (Å²) < 4.78 is 38.2.